The van der Waals surface area contributed by atoms with Gasteiger partial charge in [0, 0.05) is 6.07 Å². The van der Waals surface area contributed by atoms with E-state index in [1.54, 1.807) is 0 Å². The Hall–Kier alpha value is -4.54. The zero-order chi connectivity index (χ0) is 25.4. The highest BCUT2D eigenvalue weighted by Crippen LogP contribution is 2.45. The molecule has 180 valence electrons. The summed E-state index contributed by atoms with van der Waals surface area (Å²) in [5.41, 5.74) is -4.72. The van der Waals surface area contributed by atoms with Crippen molar-refractivity contribution in [3.63, 3.8) is 0 Å². The lowest BCUT2D eigenvalue weighted by Crippen LogP contribution is -2.25. The molecule has 0 heterocycles. The lowest BCUT2D eigenvalue weighted by molar-refractivity contribution is -0.383. The van der Waals surface area contributed by atoms with Gasteiger partial charge in [0.25, 0.3) is 5.69 Å². The summed E-state index contributed by atoms with van der Waals surface area (Å²) in [6.07, 6.45) is 1.08. The second-order valence-electron chi connectivity index (χ2n) is 7.70. The van der Waals surface area contributed by atoms with Crippen molar-refractivity contribution in [2.75, 3.05) is 11.9 Å². The van der Waals surface area contributed by atoms with E-state index in [2.05, 4.69) is 5.32 Å². The molecule has 0 unspecified atom stereocenters. The number of hydrogen-bond acceptors (Lipinski definition) is 8. The zero-order valence-corrected chi connectivity index (χ0v) is 18.2. The average Bonchev–Trinajstić information content (AvgIpc) is 2.83. The van der Waals surface area contributed by atoms with E-state index in [0.717, 1.165) is 18.2 Å². The number of benzene rings is 3. The van der Waals surface area contributed by atoms with Crippen molar-refractivity contribution in [2.45, 2.75) is 19.8 Å². The summed E-state index contributed by atoms with van der Waals surface area (Å²) in [5.74, 6) is -7.42. The number of carbonyl (C=O) groups is 2. The summed E-state index contributed by atoms with van der Waals surface area (Å²) < 4.78 is 37.1. The zero-order valence-electron chi connectivity index (χ0n) is 18.2. The Balaban J connectivity index is 1.99. The first kappa shape index (κ1) is 23.6. The number of nitrogens with zero attached hydrogens (tertiary/aromatic N) is 1. The summed E-state index contributed by atoms with van der Waals surface area (Å²) in [4.78, 5) is 36.9. The van der Waals surface area contributed by atoms with Crippen LogP contribution in [-0.2, 0) is 0 Å². The topological polar surface area (TPSA) is 139 Å². The lowest BCUT2D eigenvalue weighted by atomic mass is 9.82. The van der Waals surface area contributed by atoms with Crippen LogP contribution < -0.4 is 10.1 Å². The third-order valence-corrected chi connectivity index (χ3v) is 5.51. The molecule has 0 saturated carbocycles. The third kappa shape index (κ3) is 3.80. The number of ketones is 2. The molecule has 3 aromatic rings. The first-order valence-corrected chi connectivity index (χ1v) is 10.5. The summed E-state index contributed by atoms with van der Waals surface area (Å²) >= 11 is 0. The van der Waals surface area contributed by atoms with Crippen molar-refractivity contribution in [1.29, 1.82) is 0 Å². The Morgan fingerprint density at radius 2 is 1.51 bits per heavy atom. The second kappa shape index (κ2) is 9.01. The molecule has 1 aliphatic carbocycles. The van der Waals surface area contributed by atoms with Crippen LogP contribution in [-0.4, -0.2) is 33.3 Å². The van der Waals surface area contributed by atoms with Crippen molar-refractivity contribution in [3.8, 4) is 17.2 Å². The number of carbonyl (C=O) groups excluding carboxylic acids is 2. The van der Waals surface area contributed by atoms with Crippen molar-refractivity contribution in [1.82, 2.24) is 0 Å². The number of anilines is 2. The van der Waals surface area contributed by atoms with Gasteiger partial charge < -0.3 is 20.3 Å². The Morgan fingerprint density at radius 1 is 0.943 bits per heavy atom. The van der Waals surface area contributed by atoms with Crippen LogP contribution in [0.4, 0.5) is 25.8 Å². The van der Waals surface area contributed by atoms with Crippen LogP contribution >= 0.6 is 0 Å². The SMILES string of the molecule is CCCCOc1c(F)c2c(c(F)c1Nc1ccccc1[N+](=O)[O-])C(=O)c1c(O)ccc(O)c1C2=O. The van der Waals surface area contributed by atoms with E-state index in [0.29, 0.717) is 12.8 Å². The Morgan fingerprint density at radius 3 is 2.09 bits per heavy atom. The number of unbranched alkanes of at least 4 members (excludes halogenated alkanes) is 1. The number of phenolic OH excluding ortho intramolecular Hbond substituents is 2. The number of hydrogen-bond donors (Lipinski definition) is 3. The summed E-state index contributed by atoms with van der Waals surface area (Å²) in [5, 5.41) is 34.1. The molecule has 0 spiro atoms. The lowest BCUT2D eigenvalue weighted by Gasteiger charge is -2.24. The number of aromatic hydroxyl groups is 2. The maximum atomic E-state index is 15.9. The molecule has 11 heteroatoms. The molecule has 3 aromatic carbocycles. The number of ether oxygens (including phenoxy) is 1. The van der Waals surface area contributed by atoms with Crippen LogP contribution in [0.1, 0.15) is 51.6 Å². The minimum atomic E-state index is -1.40. The molecule has 0 aromatic heterocycles. The van der Waals surface area contributed by atoms with Gasteiger partial charge in [0.15, 0.2) is 17.4 Å². The van der Waals surface area contributed by atoms with Gasteiger partial charge in [-0.15, -0.1) is 0 Å². The molecule has 0 amide bonds. The van der Waals surface area contributed by atoms with Crippen LogP contribution in [0.25, 0.3) is 0 Å². The first-order valence-electron chi connectivity index (χ1n) is 10.5. The standard InChI is InChI=1S/C24H18F2N2O7/c1-2-3-10-35-24-20(26)18-17(22(31)15-13(29)8-9-14(30)16(15)23(18)32)19(25)21(24)27-11-6-4-5-7-12(11)28(33)34/h4-9,27,29-30H,2-3,10H2,1H3. The Labute approximate surface area is 196 Å². The molecule has 35 heavy (non-hydrogen) atoms. The monoisotopic (exact) mass is 484 g/mol. The fraction of sp³-hybridized carbons (Fsp3) is 0.167. The van der Waals surface area contributed by atoms with Crippen molar-refractivity contribution >= 4 is 28.6 Å². The van der Waals surface area contributed by atoms with Gasteiger partial charge in [0.05, 0.1) is 33.8 Å². The van der Waals surface area contributed by atoms with Crippen LogP contribution in [0.2, 0.25) is 0 Å². The minimum Gasteiger partial charge on any atom is -0.507 e. The third-order valence-electron chi connectivity index (χ3n) is 5.51. The normalized spacial score (nSPS) is 12.2. The first-order chi connectivity index (χ1) is 16.7. The molecule has 1 aliphatic rings. The van der Waals surface area contributed by atoms with Crippen LogP contribution in [0, 0.1) is 21.7 Å². The molecule has 9 nitrogen and oxygen atoms in total. The Bertz CT molecular complexity index is 1410. The van der Waals surface area contributed by atoms with Crippen LogP contribution in [0.15, 0.2) is 36.4 Å². The molecule has 0 radical (unpaired) electrons. The van der Waals surface area contributed by atoms with Crippen molar-refractivity contribution < 1.29 is 38.2 Å². The van der Waals surface area contributed by atoms with Crippen LogP contribution in [0.5, 0.6) is 17.2 Å². The minimum absolute atomic E-state index is 0.0814. The van der Waals surface area contributed by atoms with Crippen molar-refractivity contribution in [2.24, 2.45) is 0 Å². The fourth-order valence-electron chi connectivity index (χ4n) is 3.82. The largest absolute Gasteiger partial charge is 0.507 e. The molecule has 0 bridgehead atoms. The number of rotatable bonds is 7. The predicted molar refractivity (Wildman–Crippen MR) is 120 cm³/mol. The molecule has 0 saturated heterocycles. The smallest absolute Gasteiger partial charge is 0.292 e. The van der Waals surface area contributed by atoms with Crippen molar-refractivity contribution in [3.05, 3.63) is 80.4 Å². The average molecular weight is 484 g/mol. The van der Waals surface area contributed by atoms with Gasteiger partial charge >= 0.3 is 0 Å². The molecule has 0 aliphatic heterocycles. The number of fused-ring (bicyclic) bond motifs is 2. The summed E-state index contributed by atoms with van der Waals surface area (Å²) in [6, 6.07) is 7.07. The number of halogens is 2. The molecular weight excluding hydrogens is 466 g/mol. The summed E-state index contributed by atoms with van der Waals surface area (Å²) in [6.45, 7) is 1.75. The van der Waals surface area contributed by atoms with Gasteiger partial charge in [-0.2, -0.15) is 0 Å². The number of nitro groups is 1. The van der Waals surface area contributed by atoms with Gasteiger partial charge in [-0.3, -0.25) is 19.7 Å². The number of para-hydroxylation sites is 2. The van der Waals surface area contributed by atoms with Gasteiger partial charge in [-0.05, 0) is 24.6 Å². The predicted octanol–water partition coefficient (Wildman–Crippen LogP) is 4.98. The van der Waals surface area contributed by atoms with Crippen LogP contribution in [0.3, 0.4) is 0 Å². The van der Waals surface area contributed by atoms with E-state index in [9.17, 15) is 29.9 Å². The van der Waals surface area contributed by atoms with E-state index in [-0.39, 0.29) is 12.3 Å². The van der Waals surface area contributed by atoms with Gasteiger partial charge in [-0.1, -0.05) is 25.5 Å². The quantitative estimate of drug-likeness (QED) is 0.144. The molecule has 0 fully saturated rings. The molecule has 4 rings (SSSR count). The maximum absolute atomic E-state index is 15.9. The maximum Gasteiger partial charge on any atom is 0.292 e. The van der Waals surface area contributed by atoms with E-state index < -0.39 is 79.0 Å². The van der Waals surface area contributed by atoms with Gasteiger partial charge in [-0.25, -0.2) is 8.78 Å². The highest BCUT2D eigenvalue weighted by atomic mass is 19.1. The molecular formula is C24H18F2N2O7. The van der Waals surface area contributed by atoms with E-state index in [4.69, 9.17) is 4.74 Å². The molecule has 0 atom stereocenters. The number of nitrogens with one attached hydrogen (secondary N) is 1. The Kier molecular flexibility index (Phi) is 6.08. The van der Waals surface area contributed by atoms with E-state index in [1.807, 2.05) is 6.92 Å². The van der Waals surface area contributed by atoms with E-state index >= 15 is 8.78 Å². The molecule has 3 N–H and O–H groups in total. The summed E-state index contributed by atoms with van der Waals surface area (Å²) in [7, 11) is 0. The number of phenols is 2. The van der Waals surface area contributed by atoms with Gasteiger partial charge in [0.2, 0.25) is 11.6 Å². The van der Waals surface area contributed by atoms with E-state index in [1.165, 1.54) is 18.2 Å². The fourth-order valence-corrected chi connectivity index (χ4v) is 3.82. The number of nitro benzene ring substituents is 1. The second-order valence-corrected chi connectivity index (χ2v) is 7.70. The van der Waals surface area contributed by atoms with Gasteiger partial charge in [0.1, 0.15) is 22.9 Å². The highest BCUT2D eigenvalue weighted by Gasteiger charge is 2.42. The highest BCUT2D eigenvalue weighted by molar-refractivity contribution is 6.31.